The smallest absolute Gasteiger partial charge is 0.234 e. The highest BCUT2D eigenvalue weighted by Gasteiger charge is 2.32. The molecule has 2 fully saturated rings. The van der Waals surface area contributed by atoms with Crippen LogP contribution in [0.1, 0.15) is 19.3 Å². The van der Waals surface area contributed by atoms with Gasteiger partial charge in [-0.1, -0.05) is 0 Å². The minimum atomic E-state index is -0.217. The summed E-state index contributed by atoms with van der Waals surface area (Å²) in [7, 11) is 0. The fraction of sp³-hybridized carbons (Fsp3) is 0.889. The van der Waals surface area contributed by atoms with Gasteiger partial charge in [0.15, 0.2) is 0 Å². The van der Waals surface area contributed by atoms with E-state index in [9.17, 15) is 9.90 Å². The summed E-state index contributed by atoms with van der Waals surface area (Å²) in [6.45, 7) is 2.07. The molecule has 1 amide bonds. The van der Waals surface area contributed by atoms with Gasteiger partial charge >= 0.3 is 0 Å². The zero-order valence-electron chi connectivity index (χ0n) is 7.70. The summed E-state index contributed by atoms with van der Waals surface area (Å²) in [5, 5.41) is 12.4. The summed E-state index contributed by atoms with van der Waals surface area (Å²) in [6.07, 6.45) is 2.80. The van der Waals surface area contributed by atoms with Crippen molar-refractivity contribution in [3.8, 4) is 0 Å². The van der Waals surface area contributed by atoms with E-state index in [0.717, 1.165) is 32.4 Å². The average molecular weight is 184 g/mol. The fourth-order valence-electron chi connectivity index (χ4n) is 2.29. The van der Waals surface area contributed by atoms with E-state index in [1.807, 2.05) is 0 Å². The maximum Gasteiger partial charge on any atom is 0.234 e. The number of aliphatic hydroxyl groups is 1. The highest BCUT2D eigenvalue weighted by molar-refractivity contribution is 5.78. The molecule has 2 N–H and O–H groups in total. The Morgan fingerprint density at radius 3 is 2.92 bits per heavy atom. The lowest BCUT2D eigenvalue weighted by atomic mass is 10.1. The summed E-state index contributed by atoms with van der Waals surface area (Å²) >= 11 is 0. The maximum absolute atomic E-state index is 11.1. The first-order valence-electron chi connectivity index (χ1n) is 4.96. The number of hydrogen-bond donors (Lipinski definition) is 2. The summed E-state index contributed by atoms with van der Waals surface area (Å²) in [5.41, 5.74) is 0. The van der Waals surface area contributed by atoms with Gasteiger partial charge in [-0.15, -0.1) is 0 Å². The molecule has 1 saturated carbocycles. The van der Waals surface area contributed by atoms with Gasteiger partial charge in [0.25, 0.3) is 0 Å². The van der Waals surface area contributed by atoms with Crippen LogP contribution in [0.3, 0.4) is 0 Å². The zero-order valence-corrected chi connectivity index (χ0v) is 7.70. The number of carbonyl (C=O) groups excluding carboxylic acids is 1. The van der Waals surface area contributed by atoms with Crippen LogP contribution >= 0.6 is 0 Å². The van der Waals surface area contributed by atoms with Gasteiger partial charge in [-0.25, -0.2) is 0 Å². The molecule has 2 aliphatic rings. The monoisotopic (exact) mass is 184 g/mol. The Balaban J connectivity index is 1.95. The Kier molecular flexibility index (Phi) is 2.51. The first-order chi connectivity index (χ1) is 6.27. The van der Waals surface area contributed by atoms with Gasteiger partial charge in [-0.3, -0.25) is 9.69 Å². The summed E-state index contributed by atoms with van der Waals surface area (Å²) in [6, 6.07) is 0.228. The molecule has 4 nitrogen and oxygen atoms in total. The summed E-state index contributed by atoms with van der Waals surface area (Å²) < 4.78 is 0. The van der Waals surface area contributed by atoms with Crippen LogP contribution in [0.15, 0.2) is 0 Å². The Morgan fingerprint density at radius 2 is 2.31 bits per heavy atom. The molecular formula is C9H16N2O2. The molecular weight excluding hydrogens is 168 g/mol. The van der Waals surface area contributed by atoms with Gasteiger partial charge in [-0.2, -0.15) is 0 Å². The number of hydrogen-bond acceptors (Lipinski definition) is 3. The largest absolute Gasteiger partial charge is 0.391 e. The van der Waals surface area contributed by atoms with Gasteiger partial charge < -0.3 is 10.4 Å². The first-order valence-corrected chi connectivity index (χ1v) is 4.96. The molecule has 4 heteroatoms. The lowest BCUT2D eigenvalue weighted by Gasteiger charge is -2.33. The lowest BCUT2D eigenvalue weighted by molar-refractivity contribution is -0.125. The number of amides is 1. The topological polar surface area (TPSA) is 52.6 Å². The van der Waals surface area contributed by atoms with Crippen molar-refractivity contribution in [1.82, 2.24) is 10.2 Å². The molecule has 1 aliphatic carbocycles. The Bertz CT molecular complexity index is 208. The molecule has 74 valence electrons. The second kappa shape index (κ2) is 3.64. The van der Waals surface area contributed by atoms with Crippen LogP contribution < -0.4 is 5.32 Å². The predicted molar refractivity (Wildman–Crippen MR) is 48.2 cm³/mol. The molecule has 0 spiro atoms. The second-order valence-corrected chi connectivity index (χ2v) is 3.89. The van der Waals surface area contributed by atoms with Crippen LogP contribution in [-0.4, -0.2) is 47.7 Å². The molecule has 2 atom stereocenters. The molecule has 2 rings (SSSR count). The fourth-order valence-corrected chi connectivity index (χ4v) is 2.29. The number of nitrogens with zero attached hydrogens (tertiary/aromatic N) is 1. The van der Waals surface area contributed by atoms with Crippen molar-refractivity contribution in [3.63, 3.8) is 0 Å². The van der Waals surface area contributed by atoms with E-state index in [1.165, 1.54) is 0 Å². The molecule has 13 heavy (non-hydrogen) atoms. The second-order valence-electron chi connectivity index (χ2n) is 3.89. The highest BCUT2D eigenvalue weighted by atomic mass is 16.3. The molecule has 1 aliphatic heterocycles. The molecule has 1 saturated heterocycles. The van der Waals surface area contributed by atoms with E-state index < -0.39 is 0 Å². The normalized spacial score (nSPS) is 36.2. The van der Waals surface area contributed by atoms with Crippen LogP contribution in [0.2, 0.25) is 0 Å². The van der Waals surface area contributed by atoms with E-state index >= 15 is 0 Å². The molecule has 0 bridgehead atoms. The van der Waals surface area contributed by atoms with Crippen LogP contribution in [0.4, 0.5) is 0 Å². The third-order valence-electron chi connectivity index (χ3n) is 2.98. The van der Waals surface area contributed by atoms with Crippen molar-refractivity contribution in [2.75, 3.05) is 19.6 Å². The number of piperazine rings is 1. The minimum absolute atomic E-state index is 0.0883. The van der Waals surface area contributed by atoms with Gasteiger partial charge in [0.1, 0.15) is 0 Å². The minimum Gasteiger partial charge on any atom is -0.391 e. The van der Waals surface area contributed by atoms with Gasteiger partial charge in [-0.05, 0) is 19.3 Å². The van der Waals surface area contributed by atoms with Gasteiger partial charge in [0.2, 0.25) is 5.91 Å². The van der Waals surface area contributed by atoms with E-state index in [2.05, 4.69) is 10.2 Å². The Labute approximate surface area is 77.9 Å². The zero-order chi connectivity index (χ0) is 9.26. The molecule has 0 radical (unpaired) electrons. The van der Waals surface area contributed by atoms with Crippen molar-refractivity contribution >= 4 is 5.91 Å². The van der Waals surface area contributed by atoms with Crippen LogP contribution in [0.5, 0.6) is 0 Å². The van der Waals surface area contributed by atoms with Crippen molar-refractivity contribution in [2.45, 2.75) is 31.4 Å². The number of rotatable bonds is 1. The summed E-state index contributed by atoms with van der Waals surface area (Å²) in [4.78, 5) is 13.2. The number of aliphatic hydroxyl groups excluding tert-OH is 1. The molecule has 0 aromatic heterocycles. The first kappa shape index (κ1) is 8.97. The van der Waals surface area contributed by atoms with Crippen molar-refractivity contribution in [3.05, 3.63) is 0 Å². The van der Waals surface area contributed by atoms with Crippen molar-refractivity contribution in [2.24, 2.45) is 0 Å². The predicted octanol–water partition coefficient (Wildman–Crippen LogP) is -0.668. The lowest BCUT2D eigenvalue weighted by Crippen LogP contribution is -2.53. The standard InChI is InChI=1S/C9H16N2O2/c12-8-3-1-2-7(8)11-5-4-10-9(13)6-11/h7-8,12H,1-6H2,(H,10,13)/t7-,8-/m0/s1. The SMILES string of the molecule is O=C1CN([C@H]2CCC[C@@H]2O)CCN1. The number of nitrogens with one attached hydrogen (secondary N) is 1. The van der Waals surface area contributed by atoms with Gasteiger partial charge in [0.05, 0.1) is 12.6 Å². The Hall–Kier alpha value is -0.610. The van der Waals surface area contributed by atoms with Crippen molar-refractivity contribution < 1.29 is 9.90 Å². The average Bonchev–Trinajstić information content (AvgIpc) is 2.51. The molecule has 0 aromatic rings. The van der Waals surface area contributed by atoms with E-state index in [1.54, 1.807) is 0 Å². The molecule has 1 heterocycles. The maximum atomic E-state index is 11.1. The summed E-state index contributed by atoms with van der Waals surface area (Å²) in [5.74, 6) is 0.0883. The quantitative estimate of drug-likeness (QED) is 0.568. The van der Waals surface area contributed by atoms with Crippen LogP contribution in [0, 0.1) is 0 Å². The van der Waals surface area contributed by atoms with Gasteiger partial charge in [0, 0.05) is 19.1 Å². The van der Waals surface area contributed by atoms with Crippen molar-refractivity contribution in [1.29, 1.82) is 0 Å². The number of carbonyl (C=O) groups is 1. The van der Waals surface area contributed by atoms with E-state index in [0.29, 0.717) is 6.54 Å². The Morgan fingerprint density at radius 1 is 1.46 bits per heavy atom. The third kappa shape index (κ3) is 1.84. The molecule has 0 aromatic carbocycles. The van der Waals surface area contributed by atoms with Crippen LogP contribution in [0.25, 0.3) is 0 Å². The highest BCUT2D eigenvalue weighted by Crippen LogP contribution is 2.24. The third-order valence-corrected chi connectivity index (χ3v) is 2.98. The van der Waals surface area contributed by atoms with Crippen LogP contribution in [-0.2, 0) is 4.79 Å². The van der Waals surface area contributed by atoms with E-state index in [4.69, 9.17) is 0 Å². The molecule has 0 unspecified atom stereocenters. The van der Waals surface area contributed by atoms with E-state index in [-0.39, 0.29) is 18.1 Å².